The molecule has 1 aliphatic carbocycles. The van der Waals surface area contributed by atoms with E-state index < -0.39 is 0 Å². The topological polar surface area (TPSA) is 89.6 Å². The summed E-state index contributed by atoms with van der Waals surface area (Å²) in [5.74, 6) is 1.30. The van der Waals surface area contributed by atoms with Crippen molar-refractivity contribution in [3.63, 3.8) is 0 Å². The smallest absolute Gasteiger partial charge is 0.268 e. The third kappa shape index (κ3) is 2.34. The Kier molecular flexibility index (Phi) is 3.41. The van der Waals surface area contributed by atoms with E-state index in [4.69, 9.17) is 28.9 Å². The lowest BCUT2D eigenvalue weighted by molar-refractivity contribution is 0.571. The van der Waals surface area contributed by atoms with Crippen LogP contribution in [0.1, 0.15) is 24.7 Å². The van der Waals surface area contributed by atoms with Crippen molar-refractivity contribution in [2.75, 3.05) is 0 Å². The van der Waals surface area contributed by atoms with Gasteiger partial charge in [0.2, 0.25) is 0 Å². The van der Waals surface area contributed by atoms with E-state index in [1.807, 2.05) is 0 Å². The van der Waals surface area contributed by atoms with Gasteiger partial charge in [-0.3, -0.25) is 9.89 Å². The highest BCUT2D eigenvalue weighted by molar-refractivity contribution is 6.39. The third-order valence-electron chi connectivity index (χ3n) is 4.11. The molecular weight excluding hydrogens is 337 g/mol. The lowest BCUT2D eigenvalue weighted by Gasteiger charge is -2.17. The number of nitrogens with zero attached hydrogens (tertiary/aromatic N) is 3. The van der Waals surface area contributed by atoms with Crippen LogP contribution in [0.3, 0.4) is 0 Å². The van der Waals surface area contributed by atoms with Gasteiger partial charge in [-0.15, -0.1) is 0 Å². The van der Waals surface area contributed by atoms with Gasteiger partial charge in [-0.05, 0) is 30.9 Å². The molecule has 3 aromatic rings. The van der Waals surface area contributed by atoms with Gasteiger partial charge in [0.05, 0.1) is 33.2 Å². The van der Waals surface area contributed by atoms with Gasteiger partial charge in [-0.25, -0.2) is 9.55 Å². The number of aromatic amines is 1. The molecule has 1 atom stereocenters. The van der Waals surface area contributed by atoms with Crippen molar-refractivity contribution in [3.8, 4) is 5.82 Å². The minimum Gasteiger partial charge on any atom is -0.321 e. The van der Waals surface area contributed by atoms with Crippen molar-refractivity contribution in [3.05, 3.63) is 50.6 Å². The number of hydrogen-bond donors (Lipinski definition) is 2. The second kappa shape index (κ2) is 5.33. The highest BCUT2D eigenvalue weighted by atomic mass is 35.5. The normalized spacial score (nSPS) is 16.0. The molecule has 0 amide bonds. The van der Waals surface area contributed by atoms with Gasteiger partial charge < -0.3 is 5.73 Å². The molecule has 0 saturated heterocycles. The van der Waals surface area contributed by atoms with Crippen molar-refractivity contribution in [1.29, 1.82) is 0 Å². The van der Waals surface area contributed by atoms with E-state index in [9.17, 15) is 4.79 Å². The average molecular weight is 350 g/mol. The highest BCUT2D eigenvalue weighted by Crippen LogP contribution is 2.39. The monoisotopic (exact) mass is 349 g/mol. The van der Waals surface area contributed by atoms with Crippen molar-refractivity contribution < 1.29 is 0 Å². The summed E-state index contributed by atoms with van der Waals surface area (Å²) in [6.45, 7) is 0. The second-order valence-corrected chi connectivity index (χ2v) is 6.48. The average Bonchev–Trinajstić information content (AvgIpc) is 3.25. The molecule has 3 N–H and O–H groups in total. The van der Waals surface area contributed by atoms with Crippen molar-refractivity contribution in [2.45, 2.75) is 18.9 Å². The Balaban J connectivity index is 2.11. The summed E-state index contributed by atoms with van der Waals surface area (Å²) < 4.78 is 1.44. The van der Waals surface area contributed by atoms with E-state index >= 15 is 0 Å². The molecule has 1 saturated carbocycles. The Bertz CT molecular complexity index is 947. The largest absolute Gasteiger partial charge is 0.321 e. The molecule has 8 heteroatoms. The van der Waals surface area contributed by atoms with E-state index in [0.717, 1.165) is 12.8 Å². The van der Waals surface area contributed by atoms with Crippen LogP contribution in [0.5, 0.6) is 0 Å². The summed E-state index contributed by atoms with van der Waals surface area (Å²) in [5, 5.41) is 7.66. The van der Waals surface area contributed by atoms with Crippen LogP contribution in [0.15, 0.2) is 29.2 Å². The van der Waals surface area contributed by atoms with Crippen molar-refractivity contribution in [1.82, 2.24) is 19.7 Å². The maximum absolute atomic E-state index is 13.0. The standard InChI is InChI=1S/C15H13Cl2N5O/c16-8-3-4-9(17)13-11(8)15(23)22(10-5-6-19-21-10)14(20-13)12(18)7-1-2-7/h3-7,12H,1-2,18H2,(H,19,21)/t12-/m0/s1. The number of halogens is 2. The molecule has 2 aromatic heterocycles. The predicted molar refractivity (Wildman–Crippen MR) is 89.2 cm³/mol. The molecule has 1 aliphatic rings. The van der Waals surface area contributed by atoms with Crippen molar-refractivity contribution in [2.24, 2.45) is 11.7 Å². The van der Waals surface area contributed by atoms with Gasteiger partial charge in [0.1, 0.15) is 11.6 Å². The number of aromatic nitrogens is 4. The Morgan fingerprint density at radius 3 is 2.65 bits per heavy atom. The zero-order valence-electron chi connectivity index (χ0n) is 12.0. The third-order valence-corrected chi connectivity index (χ3v) is 4.73. The molecule has 0 aliphatic heterocycles. The summed E-state index contributed by atoms with van der Waals surface area (Å²) in [7, 11) is 0. The maximum atomic E-state index is 13.0. The fraction of sp³-hybridized carbons (Fsp3) is 0.267. The van der Waals surface area contributed by atoms with Crippen LogP contribution in [-0.4, -0.2) is 19.7 Å². The zero-order valence-corrected chi connectivity index (χ0v) is 13.5. The van der Waals surface area contributed by atoms with Crippen LogP contribution < -0.4 is 11.3 Å². The van der Waals surface area contributed by atoms with Crippen LogP contribution in [0.25, 0.3) is 16.7 Å². The number of nitrogens with one attached hydrogen (secondary N) is 1. The number of rotatable bonds is 3. The number of fused-ring (bicyclic) bond motifs is 1. The first kappa shape index (κ1) is 14.7. The van der Waals surface area contributed by atoms with E-state index in [-0.39, 0.29) is 17.0 Å². The van der Waals surface area contributed by atoms with Crippen LogP contribution in [0, 0.1) is 5.92 Å². The highest BCUT2D eigenvalue weighted by Gasteiger charge is 2.33. The molecule has 4 rings (SSSR count). The molecule has 0 radical (unpaired) electrons. The summed E-state index contributed by atoms with van der Waals surface area (Å²) >= 11 is 12.4. The van der Waals surface area contributed by atoms with E-state index in [1.54, 1.807) is 24.4 Å². The molecule has 23 heavy (non-hydrogen) atoms. The zero-order chi connectivity index (χ0) is 16.1. The number of H-pyrrole nitrogens is 1. The van der Waals surface area contributed by atoms with Crippen LogP contribution in [0.2, 0.25) is 10.0 Å². The predicted octanol–water partition coefficient (Wildman–Crippen LogP) is 2.83. The van der Waals surface area contributed by atoms with Crippen LogP contribution >= 0.6 is 23.2 Å². The van der Waals surface area contributed by atoms with Crippen LogP contribution in [-0.2, 0) is 0 Å². The number of benzene rings is 1. The fourth-order valence-electron chi connectivity index (χ4n) is 2.73. The van der Waals surface area contributed by atoms with Gasteiger partial charge in [-0.2, -0.15) is 5.10 Å². The minimum absolute atomic E-state index is 0.278. The Labute approximate surface area is 141 Å². The first-order valence-electron chi connectivity index (χ1n) is 7.24. The molecular formula is C15H13Cl2N5O. The molecule has 0 spiro atoms. The summed E-state index contributed by atoms with van der Waals surface area (Å²) in [5.41, 5.74) is 6.40. The molecule has 0 bridgehead atoms. The first-order chi connectivity index (χ1) is 11.1. The quantitative estimate of drug-likeness (QED) is 0.760. The Hall–Kier alpha value is -1.89. The van der Waals surface area contributed by atoms with Gasteiger partial charge in [-0.1, -0.05) is 23.2 Å². The van der Waals surface area contributed by atoms with Crippen LogP contribution in [0.4, 0.5) is 0 Å². The maximum Gasteiger partial charge on any atom is 0.268 e. The Morgan fingerprint density at radius 1 is 1.26 bits per heavy atom. The van der Waals surface area contributed by atoms with Crippen molar-refractivity contribution >= 4 is 34.1 Å². The number of nitrogens with two attached hydrogens (primary N) is 1. The lowest BCUT2D eigenvalue weighted by atomic mass is 10.1. The van der Waals surface area contributed by atoms with E-state index in [2.05, 4.69) is 15.2 Å². The summed E-state index contributed by atoms with van der Waals surface area (Å²) in [6.07, 6.45) is 3.63. The molecule has 1 fully saturated rings. The second-order valence-electron chi connectivity index (χ2n) is 5.67. The molecule has 118 valence electrons. The van der Waals surface area contributed by atoms with Gasteiger partial charge in [0.25, 0.3) is 5.56 Å². The van der Waals surface area contributed by atoms with Gasteiger partial charge in [0.15, 0.2) is 0 Å². The SMILES string of the molecule is N[C@H](c1nc2c(Cl)ccc(Cl)c2c(=O)n1-c1ccn[nH]1)C1CC1. The fourth-order valence-corrected chi connectivity index (χ4v) is 3.16. The molecule has 2 heterocycles. The number of hydrogen-bond acceptors (Lipinski definition) is 4. The minimum atomic E-state index is -0.342. The molecule has 1 aromatic carbocycles. The van der Waals surface area contributed by atoms with Gasteiger partial charge >= 0.3 is 0 Å². The molecule has 0 unspecified atom stereocenters. The summed E-state index contributed by atoms with van der Waals surface area (Å²) in [6, 6.07) is 4.57. The lowest BCUT2D eigenvalue weighted by Crippen LogP contribution is -2.30. The van der Waals surface area contributed by atoms with E-state index in [0.29, 0.717) is 33.1 Å². The first-order valence-corrected chi connectivity index (χ1v) is 7.99. The summed E-state index contributed by atoms with van der Waals surface area (Å²) in [4.78, 5) is 17.6. The van der Waals surface area contributed by atoms with E-state index in [1.165, 1.54) is 4.57 Å². The Morgan fingerprint density at radius 2 is 2.00 bits per heavy atom. The van der Waals surface area contributed by atoms with Gasteiger partial charge in [0, 0.05) is 6.07 Å². The molecule has 6 nitrogen and oxygen atoms in total.